The number of aromatic nitrogens is 3. The van der Waals surface area contributed by atoms with Gasteiger partial charge in [0.1, 0.15) is 6.10 Å². The Morgan fingerprint density at radius 2 is 2.09 bits per heavy atom. The van der Waals surface area contributed by atoms with Crippen LogP contribution in [0.15, 0.2) is 42.6 Å². The summed E-state index contributed by atoms with van der Waals surface area (Å²) in [6.07, 6.45) is 3.37. The van der Waals surface area contributed by atoms with Gasteiger partial charge in [0.25, 0.3) is 0 Å². The molecule has 4 heterocycles. The number of ether oxygens (including phenoxy) is 1. The minimum Gasteiger partial charge on any atom is -0.482 e. The number of nitrogens with one attached hydrogen (secondary N) is 1. The first kappa shape index (κ1) is 22.5. The third-order valence-electron chi connectivity index (χ3n) is 6.92. The van der Waals surface area contributed by atoms with Crippen LogP contribution in [-0.4, -0.2) is 45.3 Å². The van der Waals surface area contributed by atoms with Crippen LogP contribution in [0.5, 0.6) is 5.75 Å². The van der Waals surface area contributed by atoms with Crippen molar-refractivity contribution in [2.75, 3.05) is 25.4 Å². The van der Waals surface area contributed by atoms with Crippen LogP contribution >= 0.6 is 11.6 Å². The molecule has 0 saturated carbocycles. The first-order chi connectivity index (χ1) is 16.4. The van der Waals surface area contributed by atoms with Crippen molar-refractivity contribution >= 4 is 23.4 Å². The van der Waals surface area contributed by atoms with Crippen LogP contribution in [0.4, 0.5) is 10.6 Å². The van der Waals surface area contributed by atoms with Crippen LogP contribution in [-0.2, 0) is 12.0 Å². The number of hydrogen-bond acceptors (Lipinski definition) is 5. The second kappa shape index (κ2) is 8.83. The standard InChI is InChI=1S/C25H29ClN6O2/c1-3-28-24(33)31-10-8-25(15-31)9-11-32-22(25)13-20(30-32)17-12-21(23(27)29-14-17)34-16(2)18-6-4-5-7-19(18)26/h4-7,12-14,16H,3,8-11,15H2,1-2H3,(H2,27,29)(H,28,33)/t16-,25?/m0/s1. The Morgan fingerprint density at radius 3 is 2.88 bits per heavy atom. The summed E-state index contributed by atoms with van der Waals surface area (Å²) in [6.45, 7) is 6.82. The molecule has 3 aromatic rings. The van der Waals surface area contributed by atoms with E-state index >= 15 is 0 Å². The highest BCUT2D eigenvalue weighted by Gasteiger charge is 2.46. The van der Waals surface area contributed by atoms with Crippen molar-refractivity contribution in [3.8, 4) is 17.0 Å². The Kier molecular flexibility index (Phi) is 5.85. The van der Waals surface area contributed by atoms with Gasteiger partial charge >= 0.3 is 6.03 Å². The molecule has 8 nitrogen and oxygen atoms in total. The Labute approximate surface area is 204 Å². The molecule has 178 valence electrons. The molecule has 0 bridgehead atoms. The number of anilines is 1. The van der Waals surface area contributed by atoms with Crippen LogP contribution < -0.4 is 15.8 Å². The average Bonchev–Trinajstić information content (AvgIpc) is 3.53. The van der Waals surface area contributed by atoms with Gasteiger partial charge < -0.3 is 20.7 Å². The summed E-state index contributed by atoms with van der Waals surface area (Å²) in [6, 6.07) is 11.6. The van der Waals surface area contributed by atoms with Gasteiger partial charge in [-0.25, -0.2) is 9.78 Å². The monoisotopic (exact) mass is 480 g/mol. The molecule has 2 aliphatic rings. The van der Waals surface area contributed by atoms with E-state index in [4.69, 9.17) is 27.2 Å². The largest absolute Gasteiger partial charge is 0.482 e. The lowest BCUT2D eigenvalue weighted by Gasteiger charge is -2.23. The normalized spacial score (nSPS) is 19.9. The second-order valence-electron chi connectivity index (χ2n) is 9.06. The lowest BCUT2D eigenvalue weighted by molar-refractivity contribution is 0.206. The molecule has 2 atom stereocenters. The number of aryl methyl sites for hydroxylation is 1. The van der Waals surface area contributed by atoms with Crippen LogP contribution in [0.1, 0.15) is 44.1 Å². The Bertz CT molecular complexity index is 1230. The van der Waals surface area contributed by atoms with Crippen molar-refractivity contribution in [1.82, 2.24) is 25.0 Å². The number of urea groups is 1. The Morgan fingerprint density at radius 1 is 1.29 bits per heavy atom. The van der Waals surface area contributed by atoms with E-state index in [9.17, 15) is 4.79 Å². The summed E-state index contributed by atoms with van der Waals surface area (Å²) in [5.41, 5.74) is 9.81. The molecule has 2 aliphatic heterocycles. The number of nitrogen functional groups attached to an aromatic ring is 1. The van der Waals surface area contributed by atoms with Crippen molar-refractivity contribution in [3.63, 3.8) is 0 Å². The maximum absolute atomic E-state index is 12.4. The topological polar surface area (TPSA) is 98.3 Å². The number of rotatable bonds is 5. The number of nitrogens with two attached hydrogens (primary N) is 1. The lowest BCUT2D eigenvalue weighted by Crippen LogP contribution is -2.40. The number of amides is 2. The van der Waals surface area contributed by atoms with E-state index in [-0.39, 0.29) is 17.6 Å². The zero-order valence-corrected chi connectivity index (χ0v) is 20.2. The quantitative estimate of drug-likeness (QED) is 0.564. The first-order valence-electron chi connectivity index (χ1n) is 11.7. The van der Waals surface area contributed by atoms with E-state index in [0.717, 1.165) is 42.8 Å². The fourth-order valence-electron chi connectivity index (χ4n) is 5.07. The molecule has 3 N–H and O–H groups in total. The zero-order valence-electron chi connectivity index (χ0n) is 19.4. The highest BCUT2D eigenvalue weighted by atomic mass is 35.5. The minimum absolute atomic E-state index is 0.00901. The number of pyridine rings is 1. The zero-order chi connectivity index (χ0) is 23.9. The fourth-order valence-corrected chi connectivity index (χ4v) is 5.36. The molecule has 1 unspecified atom stereocenters. The average molecular weight is 481 g/mol. The molecule has 0 radical (unpaired) electrons. The van der Waals surface area contributed by atoms with Gasteiger partial charge in [-0.2, -0.15) is 5.10 Å². The fraction of sp³-hybridized carbons (Fsp3) is 0.400. The van der Waals surface area contributed by atoms with Crippen molar-refractivity contribution in [2.45, 2.75) is 44.8 Å². The Hall–Kier alpha value is -3.26. The van der Waals surface area contributed by atoms with Crippen molar-refractivity contribution < 1.29 is 9.53 Å². The van der Waals surface area contributed by atoms with Gasteiger partial charge in [-0.3, -0.25) is 4.68 Å². The smallest absolute Gasteiger partial charge is 0.317 e. The van der Waals surface area contributed by atoms with Gasteiger partial charge in [0.05, 0.1) is 5.69 Å². The van der Waals surface area contributed by atoms with Gasteiger partial charge in [0, 0.05) is 59.6 Å². The van der Waals surface area contributed by atoms with Crippen molar-refractivity contribution in [3.05, 3.63) is 58.9 Å². The molecule has 2 amide bonds. The van der Waals surface area contributed by atoms with E-state index in [1.54, 1.807) is 6.20 Å². The summed E-state index contributed by atoms with van der Waals surface area (Å²) in [7, 11) is 0. The maximum atomic E-state index is 12.4. The molecule has 34 heavy (non-hydrogen) atoms. The molecule has 2 aromatic heterocycles. The number of nitrogens with zero attached hydrogens (tertiary/aromatic N) is 4. The summed E-state index contributed by atoms with van der Waals surface area (Å²) in [5, 5.41) is 8.41. The van der Waals surface area contributed by atoms with Gasteiger partial charge in [-0.1, -0.05) is 29.8 Å². The van der Waals surface area contributed by atoms with Gasteiger partial charge in [-0.15, -0.1) is 0 Å². The molecule has 1 aromatic carbocycles. The van der Waals surface area contributed by atoms with E-state index in [2.05, 4.69) is 21.0 Å². The van der Waals surface area contributed by atoms with Crippen LogP contribution in [0.3, 0.4) is 0 Å². The number of halogens is 1. The minimum atomic E-state index is -0.290. The highest BCUT2D eigenvalue weighted by Crippen LogP contribution is 2.44. The van der Waals surface area contributed by atoms with Gasteiger partial charge in [0.15, 0.2) is 11.6 Å². The molecule has 1 fully saturated rings. The molecular formula is C25H29ClN6O2. The number of fused-ring (bicyclic) bond motifs is 2. The van der Waals surface area contributed by atoms with Crippen LogP contribution in [0, 0.1) is 0 Å². The van der Waals surface area contributed by atoms with E-state index in [0.29, 0.717) is 29.7 Å². The van der Waals surface area contributed by atoms with E-state index < -0.39 is 0 Å². The van der Waals surface area contributed by atoms with Crippen molar-refractivity contribution in [1.29, 1.82) is 0 Å². The van der Waals surface area contributed by atoms with E-state index in [1.807, 2.05) is 49.1 Å². The molecular weight excluding hydrogens is 452 g/mol. The molecule has 1 saturated heterocycles. The number of carbonyl (C=O) groups is 1. The number of likely N-dealkylation sites (tertiary alicyclic amines) is 1. The summed E-state index contributed by atoms with van der Waals surface area (Å²) in [5.74, 6) is 0.815. The van der Waals surface area contributed by atoms with Gasteiger partial charge in [0.2, 0.25) is 0 Å². The third kappa shape index (κ3) is 3.96. The molecule has 5 rings (SSSR count). The first-order valence-corrected chi connectivity index (χ1v) is 12.1. The number of hydrogen-bond donors (Lipinski definition) is 2. The summed E-state index contributed by atoms with van der Waals surface area (Å²) < 4.78 is 8.22. The second-order valence-corrected chi connectivity index (χ2v) is 9.47. The van der Waals surface area contributed by atoms with Crippen molar-refractivity contribution in [2.24, 2.45) is 0 Å². The predicted molar refractivity (Wildman–Crippen MR) is 132 cm³/mol. The molecule has 0 aliphatic carbocycles. The van der Waals surface area contributed by atoms with E-state index in [1.165, 1.54) is 5.69 Å². The summed E-state index contributed by atoms with van der Waals surface area (Å²) in [4.78, 5) is 18.6. The van der Waals surface area contributed by atoms with Crippen LogP contribution in [0.2, 0.25) is 5.02 Å². The number of carbonyl (C=O) groups excluding carboxylic acids is 1. The summed E-state index contributed by atoms with van der Waals surface area (Å²) >= 11 is 6.33. The number of benzene rings is 1. The highest BCUT2D eigenvalue weighted by molar-refractivity contribution is 6.31. The maximum Gasteiger partial charge on any atom is 0.317 e. The van der Waals surface area contributed by atoms with Gasteiger partial charge in [-0.05, 0) is 44.9 Å². The lowest BCUT2D eigenvalue weighted by atomic mass is 9.82. The molecule has 1 spiro atoms. The van der Waals surface area contributed by atoms with Crippen LogP contribution in [0.25, 0.3) is 11.3 Å². The SMILES string of the molecule is CCNC(=O)N1CCC2(CCn3nc(-c4cnc(N)c(O[C@@H](C)c5ccccc5Cl)c4)cc32)C1. The Balaban J connectivity index is 1.39. The predicted octanol–water partition coefficient (Wildman–Crippen LogP) is 4.40. The third-order valence-corrected chi connectivity index (χ3v) is 7.26. The molecule has 9 heteroatoms.